The Hall–Kier alpha value is -1.11. The smallest absolute Gasteiger partial charge is 0.141 e. The molecule has 0 aliphatic carbocycles. The molecule has 1 aromatic rings. The van der Waals surface area contributed by atoms with E-state index >= 15 is 0 Å². The van der Waals surface area contributed by atoms with Gasteiger partial charge in [0.05, 0.1) is 0 Å². The quantitative estimate of drug-likeness (QED) is 0.562. The summed E-state index contributed by atoms with van der Waals surface area (Å²) in [7, 11) is -1.39. The maximum absolute atomic E-state index is 9.69. The summed E-state index contributed by atoms with van der Waals surface area (Å²) in [5.41, 5.74) is 3.89. The largest absolute Gasteiger partial charge is 0.376 e. The van der Waals surface area contributed by atoms with E-state index in [-0.39, 0.29) is 0 Å². The minimum Gasteiger partial charge on any atom is -0.376 e. The molecule has 0 aliphatic heterocycles. The standard InChI is InChI=1S/C11H15NOSi/c1-14(2,3)8-6-11(13)10-5-4-7-12-9-10/h4-5,7,9,11,13H,1-3H3. The third kappa shape index (κ3) is 3.73. The van der Waals surface area contributed by atoms with Gasteiger partial charge in [0.1, 0.15) is 14.2 Å². The van der Waals surface area contributed by atoms with Crippen LogP contribution in [0.3, 0.4) is 0 Å². The first-order chi connectivity index (χ1) is 6.49. The highest BCUT2D eigenvalue weighted by Gasteiger charge is 2.09. The Labute approximate surface area is 86.0 Å². The number of rotatable bonds is 1. The topological polar surface area (TPSA) is 33.1 Å². The summed E-state index contributed by atoms with van der Waals surface area (Å²) in [5, 5.41) is 9.69. The highest BCUT2D eigenvalue weighted by atomic mass is 28.3. The lowest BCUT2D eigenvalue weighted by atomic mass is 10.2. The van der Waals surface area contributed by atoms with Crippen LogP contribution in [0.2, 0.25) is 19.6 Å². The van der Waals surface area contributed by atoms with Gasteiger partial charge < -0.3 is 5.11 Å². The zero-order chi connectivity index (χ0) is 10.6. The molecule has 1 rings (SSSR count). The first-order valence-corrected chi connectivity index (χ1v) is 8.10. The number of aromatic nitrogens is 1. The molecule has 14 heavy (non-hydrogen) atoms. The molecule has 3 heteroatoms. The molecular formula is C11H15NOSi. The van der Waals surface area contributed by atoms with Gasteiger partial charge in [-0.15, -0.1) is 5.54 Å². The molecular weight excluding hydrogens is 190 g/mol. The van der Waals surface area contributed by atoms with Gasteiger partial charge in [-0.2, -0.15) is 0 Å². The highest BCUT2D eigenvalue weighted by molar-refractivity contribution is 6.83. The molecule has 2 nitrogen and oxygen atoms in total. The van der Waals surface area contributed by atoms with Crippen LogP contribution in [0.5, 0.6) is 0 Å². The summed E-state index contributed by atoms with van der Waals surface area (Å²) >= 11 is 0. The second-order valence-electron chi connectivity index (χ2n) is 4.21. The fourth-order valence-corrected chi connectivity index (χ4v) is 1.48. The lowest BCUT2D eigenvalue weighted by Gasteiger charge is -2.06. The molecule has 1 atom stereocenters. The van der Waals surface area contributed by atoms with Crippen molar-refractivity contribution in [1.29, 1.82) is 0 Å². The van der Waals surface area contributed by atoms with Crippen LogP contribution in [-0.2, 0) is 0 Å². The van der Waals surface area contributed by atoms with Crippen LogP contribution in [0.1, 0.15) is 11.7 Å². The fraction of sp³-hybridized carbons (Fsp3) is 0.364. The van der Waals surface area contributed by atoms with E-state index in [4.69, 9.17) is 0 Å². The molecule has 0 fully saturated rings. The van der Waals surface area contributed by atoms with Gasteiger partial charge >= 0.3 is 0 Å². The van der Waals surface area contributed by atoms with Gasteiger partial charge in [-0.25, -0.2) is 0 Å². The second kappa shape index (κ2) is 4.40. The maximum atomic E-state index is 9.69. The van der Waals surface area contributed by atoms with Crippen molar-refractivity contribution < 1.29 is 5.11 Å². The van der Waals surface area contributed by atoms with Crippen LogP contribution in [0.25, 0.3) is 0 Å². The van der Waals surface area contributed by atoms with Crippen molar-refractivity contribution in [2.45, 2.75) is 25.7 Å². The normalized spacial score (nSPS) is 12.9. The van der Waals surface area contributed by atoms with Crippen molar-refractivity contribution in [3.05, 3.63) is 30.1 Å². The molecule has 1 aromatic heterocycles. The SMILES string of the molecule is C[Si](C)(C)C#CC(O)c1cccnc1. The van der Waals surface area contributed by atoms with E-state index in [0.717, 1.165) is 5.56 Å². The Morgan fingerprint density at radius 3 is 2.64 bits per heavy atom. The third-order valence-electron chi connectivity index (χ3n) is 1.58. The molecule has 0 saturated carbocycles. The van der Waals surface area contributed by atoms with Gasteiger partial charge in [0.15, 0.2) is 0 Å². The number of nitrogens with zero attached hydrogens (tertiary/aromatic N) is 1. The average molecular weight is 205 g/mol. The Morgan fingerprint density at radius 2 is 2.14 bits per heavy atom. The van der Waals surface area contributed by atoms with E-state index in [9.17, 15) is 5.11 Å². The molecule has 1 unspecified atom stereocenters. The Bertz CT molecular complexity index is 345. The van der Waals surface area contributed by atoms with Crippen LogP contribution < -0.4 is 0 Å². The Kier molecular flexibility index (Phi) is 3.45. The first kappa shape index (κ1) is 11.0. The Morgan fingerprint density at radius 1 is 1.43 bits per heavy atom. The molecule has 1 N–H and O–H groups in total. The molecule has 0 aliphatic rings. The number of aliphatic hydroxyl groups is 1. The van der Waals surface area contributed by atoms with Crippen molar-refractivity contribution >= 4 is 8.07 Å². The van der Waals surface area contributed by atoms with Crippen LogP contribution in [0.4, 0.5) is 0 Å². The summed E-state index contributed by atoms with van der Waals surface area (Å²) in [5.74, 6) is 2.87. The number of aliphatic hydroxyl groups excluding tert-OH is 1. The monoisotopic (exact) mass is 205 g/mol. The van der Waals surface area contributed by atoms with Crippen LogP contribution in [0, 0.1) is 11.5 Å². The molecule has 0 amide bonds. The molecule has 1 heterocycles. The fourth-order valence-electron chi connectivity index (χ4n) is 0.906. The minimum absolute atomic E-state index is 0.699. The summed E-state index contributed by atoms with van der Waals surface area (Å²) in [4.78, 5) is 3.93. The van der Waals surface area contributed by atoms with Crippen molar-refractivity contribution in [3.8, 4) is 11.5 Å². The molecule has 0 spiro atoms. The van der Waals surface area contributed by atoms with Crippen LogP contribution in [0.15, 0.2) is 24.5 Å². The lowest BCUT2D eigenvalue weighted by molar-refractivity contribution is 0.238. The minimum atomic E-state index is -1.39. The zero-order valence-electron chi connectivity index (χ0n) is 8.78. The highest BCUT2D eigenvalue weighted by Crippen LogP contribution is 2.09. The summed E-state index contributed by atoms with van der Waals surface area (Å²) in [6.45, 7) is 6.45. The number of hydrogen-bond acceptors (Lipinski definition) is 2. The molecule has 0 radical (unpaired) electrons. The van der Waals surface area contributed by atoms with Gasteiger partial charge in [0.2, 0.25) is 0 Å². The summed E-state index contributed by atoms with van der Waals surface area (Å²) in [6.07, 6.45) is 2.63. The van der Waals surface area contributed by atoms with Gasteiger partial charge in [-0.3, -0.25) is 4.98 Å². The van der Waals surface area contributed by atoms with Gasteiger partial charge in [-0.1, -0.05) is 31.6 Å². The van der Waals surface area contributed by atoms with Crippen molar-refractivity contribution in [1.82, 2.24) is 4.98 Å². The Balaban J connectivity index is 2.76. The van der Waals surface area contributed by atoms with Crippen LogP contribution in [-0.4, -0.2) is 18.2 Å². The third-order valence-corrected chi connectivity index (χ3v) is 2.48. The van der Waals surface area contributed by atoms with E-state index in [2.05, 4.69) is 36.1 Å². The van der Waals surface area contributed by atoms with Crippen LogP contribution >= 0.6 is 0 Å². The van der Waals surface area contributed by atoms with Crippen molar-refractivity contribution in [2.24, 2.45) is 0 Å². The van der Waals surface area contributed by atoms with Gasteiger partial charge in [-0.05, 0) is 6.07 Å². The van der Waals surface area contributed by atoms with Gasteiger partial charge in [0, 0.05) is 18.0 Å². The van der Waals surface area contributed by atoms with Gasteiger partial charge in [0.25, 0.3) is 0 Å². The van der Waals surface area contributed by atoms with Crippen molar-refractivity contribution in [3.63, 3.8) is 0 Å². The van der Waals surface area contributed by atoms with E-state index in [1.807, 2.05) is 6.07 Å². The number of pyridine rings is 1. The van der Waals surface area contributed by atoms with E-state index in [1.165, 1.54) is 0 Å². The molecule has 0 aromatic carbocycles. The predicted octanol–water partition coefficient (Wildman–Crippen LogP) is 2.00. The zero-order valence-corrected chi connectivity index (χ0v) is 9.78. The van der Waals surface area contributed by atoms with E-state index in [0.29, 0.717) is 0 Å². The summed E-state index contributed by atoms with van der Waals surface area (Å²) < 4.78 is 0. The van der Waals surface area contributed by atoms with Crippen molar-refractivity contribution in [2.75, 3.05) is 0 Å². The van der Waals surface area contributed by atoms with E-state index < -0.39 is 14.2 Å². The molecule has 0 bridgehead atoms. The first-order valence-electron chi connectivity index (χ1n) is 4.60. The predicted molar refractivity (Wildman–Crippen MR) is 60.3 cm³/mol. The lowest BCUT2D eigenvalue weighted by Crippen LogP contribution is -2.16. The summed E-state index contributed by atoms with van der Waals surface area (Å²) in [6, 6.07) is 3.63. The molecule has 0 saturated heterocycles. The van der Waals surface area contributed by atoms with E-state index in [1.54, 1.807) is 18.5 Å². The average Bonchev–Trinajstić information content (AvgIpc) is 2.14. The maximum Gasteiger partial charge on any atom is 0.141 e. The second-order valence-corrected chi connectivity index (χ2v) is 8.96. The number of hydrogen-bond donors (Lipinski definition) is 1. The molecule has 74 valence electrons.